The quantitative estimate of drug-likeness (QED) is 0.768. The zero-order valence-corrected chi connectivity index (χ0v) is 8.39. The highest BCUT2D eigenvalue weighted by Gasteiger charge is 2.16. The highest BCUT2D eigenvalue weighted by Crippen LogP contribution is 2.18. The number of hydrogen-bond donors (Lipinski definition) is 1. The van der Waals surface area contributed by atoms with E-state index >= 15 is 0 Å². The number of nitrogens with zero attached hydrogens (tertiary/aromatic N) is 1. The maximum absolute atomic E-state index is 10.9. The van der Waals surface area contributed by atoms with Crippen LogP contribution in [0.25, 0.3) is 0 Å². The molecule has 74 valence electrons. The van der Waals surface area contributed by atoms with Crippen LogP contribution in [-0.2, 0) is 22.0 Å². The monoisotopic (exact) mass is 204 g/mol. The number of aromatic nitrogens is 1. The average molecular weight is 204 g/mol. The zero-order valence-electron chi connectivity index (χ0n) is 7.57. The highest BCUT2D eigenvalue weighted by atomic mass is 32.2. The molecule has 13 heavy (non-hydrogen) atoms. The Balaban J connectivity index is 3.02. The Bertz CT molecular complexity index is 394. The third kappa shape index (κ3) is 2.45. The molecule has 0 atom stereocenters. The minimum Gasteiger partial charge on any atom is -0.381 e. The topological polar surface area (TPSA) is 86.2 Å². The summed E-state index contributed by atoms with van der Waals surface area (Å²) in [5, 5.41) is 3.51. The molecule has 0 radical (unpaired) electrons. The van der Waals surface area contributed by atoms with Crippen LogP contribution in [0.3, 0.4) is 0 Å². The van der Waals surface area contributed by atoms with E-state index in [0.29, 0.717) is 17.7 Å². The fourth-order valence-electron chi connectivity index (χ4n) is 1.09. The fourth-order valence-corrected chi connectivity index (χ4v) is 1.79. The lowest BCUT2D eigenvalue weighted by Gasteiger charge is -1.96. The van der Waals surface area contributed by atoms with Crippen LogP contribution in [0.15, 0.2) is 4.52 Å². The van der Waals surface area contributed by atoms with Crippen LogP contribution in [0.4, 0.5) is 5.82 Å². The molecule has 0 saturated heterocycles. The minimum absolute atomic E-state index is 0.139. The van der Waals surface area contributed by atoms with Crippen molar-refractivity contribution in [1.29, 1.82) is 0 Å². The van der Waals surface area contributed by atoms with Crippen molar-refractivity contribution in [2.45, 2.75) is 19.1 Å². The smallest absolute Gasteiger partial charge is 0.170 e. The van der Waals surface area contributed by atoms with E-state index < -0.39 is 9.84 Å². The largest absolute Gasteiger partial charge is 0.381 e. The van der Waals surface area contributed by atoms with Crippen LogP contribution < -0.4 is 5.73 Å². The molecule has 1 aromatic heterocycles. The van der Waals surface area contributed by atoms with E-state index in [9.17, 15) is 8.42 Å². The van der Waals surface area contributed by atoms with Crippen LogP contribution in [0.1, 0.15) is 18.2 Å². The molecule has 0 saturated carbocycles. The van der Waals surface area contributed by atoms with Crippen molar-refractivity contribution in [2.24, 2.45) is 0 Å². The van der Waals surface area contributed by atoms with E-state index in [4.69, 9.17) is 10.3 Å². The second kappa shape index (κ2) is 3.37. The van der Waals surface area contributed by atoms with Gasteiger partial charge in [-0.15, -0.1) is 0 Å². The second-order valence-electron chi connectivity index (χ2n) is 2.89. The molecule has 5 nitrogen and oxygen atoms in total. The number of hydrogen-bond acceptors (Lipinski definition) is 5. The summed E-state index contributed by atoms with van der Waals surface area (Å²) in [5.41, 5.74) is 6.16. The molecule has 0 bridgehead atoms. The normalized spacial score (nSPS) is 11.8. The first-order chi connectivity index (χ1) is 5.94. The molecule has 0 fully saturated rings. The summed E-state index contributed by atoms with van der Waals surface area (Å²) >= 11 is 0. The maximum Gasteiger partial charge on any atom is 0.170 e. The van der Waals surface area contributed by atoms with Crippen LogP contribution >= 0.6 is 0 Å². The molecule has 1 aromatic rings. The van der Waals surface area contributed by atoms with Crippen molar-refractivity contribution in [1.82, 2.24) is 5.16 Å². The van der Waals surface area contributed by atoms with Gasteiger partial charge in [0.2, 0.25) is 0 Å². The van der Waals surface area contributed by atoms with Gasteiger partial charge in [-0.25, -0.2) is 8.42 Å². The number of rotatable bonds is 3. The van der Waals surface area contributed by atoms with Crippen molar-refractivity contribution < 1.29 is 12.9 Å². The van der Waals surface area contributed by atoms with Gasteiger partial charge in [0.1, 0.15) is 5.75 Å². The number of sulfone groups is 1. The summed E-state index contributed by atoms with van der Waals surface area (Å²) in [4.78, 5) is 0. The molecule has 0 aliphatic carbocycles. The van der Waals surface area contributed by atoms with Gasteiger partial charge < -0.3 is 10.3 Å². The first-order valence-corrected chi connectivity index (χ1v) is 5.90. The van der Waals surface area contributed by atoms with Gasteiger partial charge in [0.15, 0.2) is 21.4 Å². The third-order valence-corrected chi connectivity index (χ3v) is 2.43. The van der Waals surface area contributed by atoms with Crippen molar-refractivity contribution >= 4 is 15.7 Å². The first-order valence-electron chi connectivity index (χ1n) is 3.84. The third-order valence-electron chi connectivity index (χ3n) is 1.65. The average Bonchev–Trinajstić information content (AvgIpc) is 2.28. The van der Waals surface area contributed by atoms with Crippen molar-refractivity contribution in [3.63, 3.8) is 0 Å². The SMILES string of the molecule is CCc1c(N)noc1CS(C)(=O)=O. The van der Waals surface area contributed by atoms with Gasteiger partial charge in [0.05, 0.1) is 0 Å². The molecular weight excluding hydrogens is 192 g/mol. The number of nitrogen functional groups attached to an aromatic ring is 1. The molecule has 1 heterocycles. The van der Waals surface area contributed by atoms with Crippen LogP contribution in [-0.4, -0.2) is 19.8 Å². The molecule has 2 N–H and O–H groups in total. The first kappa shape index (κ1) is 10.0. The number of nitrogens with two attached hydrogens (primary N) is 1. The summed E-state index contributed by atoms with van der Waals surface area (Å²) in [6, 6.07) is 0. The second-order valence-corrected chi connectivity index (χ2v) is 5.03. The predicted octanol–water partition coefficient (Wildman–Crippen LogP) is 0.364. The Morgan fingerprint density at radius 3 is 2.62 bits per heavy atom. The Hall–Kier alpha value is -1.04. The Morgan fingerprint density at radius 2 is 2.15 bits per heavy atom. The van der Waals surface area contributed by atoms with E-state index in [1.54, 1.807) is 0 Å². The Kier molecular flexibility index (Phi) is 2.60. The predicted molar refractivity (Wildman–Crippen MR) is 48.8 cm³/mol. The van der Waals surface area contributed by atoms with E-state index in [1.807, 2.05) is 6.92 Å². The summed E-state index contributed by atoms with van der Waals surface area (Å²) < 4.78 is 26.7. The maximum atomic E-state index is 10.9. The van der Waals surface area contributed by atoms with Gasteiger partial charge >= 0.3 is 0 Å². The van der Waals surface area contributed by atoms with Crippen molar-refractivity contribution in [2.75, 3.05) is 12.0 Å². The highest BCUT2D eigenvalue weighted by molar-refractivity contribution is 7.89. The molecule has 1 rings (SSSR count). The molecule has 0 spiro atoms. The lowest BCUT2D eigenvalue weighted by atomic mass is 10.2. The zero-order chi connectivity index (χ0) is 10.1. The molecule has 0 aromatic carbocycles. The molecule has 0 aliphatic rings. The number of anilines is 1. The molecule has 6 heteroatoms. The fraction of sp³-hybridized carbons (Fsp3) is 0.571. The minimum atomic E-state index is -3.09. The summed E-state index contributed by atoms with van der Waals surface area (Å²) in [7, 11) is -3.09. The standard InChI is InChI=1S/C7H12N2O3S/c1-3-5-6(4-13(2,10)11)12-9-7(5)8/h3-4H2,1-2H3,(H2,8,9). The summed E-state index contributed by atoms with van der Waals surface area (Å²) in [6.07, 6.45) is 1.77. The molecule has 0 aliphatic heterocycles. The van der Waals surface area contributed by atoms with Crippen molar-refractivity contribution in [3.8, 4) is 0 Å². The molecule has 0 unspecified atom stereocenters. The van der Waals surface area contributed by atoms with Crippen LogP contribution in [0.2, 0.25) is 0 Å². The van der Waals surface area contributed by atoms with Crippen molar-refractivity contribution in [3.05, 3.63) is 11.3 Å². The summed E-state index contributed by atoms with van der Waals surface area (Å²) in [6.45, 7) is 1.87. The van der Waals surface area contributed by atoms with E-state index in [-0.39, 0.29) is 11.6 Å². The lowest BCUT2D eigenvalue weighted by Crippen LogP contribution is -2.02. The van der Waals surface area contributed by atoms with E-state index in [2.05, 4.69) is 5.16 Å². The summed E-state index contributed by atoms with van der Waals surface area (Å²) in [5.74, 6) is 0.490. The Morgan fingerprint density at radius 1 is 1.54 bits per heavy atom. The Labute approximate surface area is 76.8 Å². The van der Waals surface area contributed by atoms with Gasteiger partial charge in [-0.3, -0.25) is 0 Å². The van der Waals surface area contributed by atoms with E-state index in [0.717, 1.165) is 6.26 Å². The molecular formula is C7H12N2O3S. The van der Waals surface area contributed by atoms with Gasteiger partial charge in [0, 0.05) is 11.8 Å². The molecule has 0 amide bonds. The van der Waals surface area contributed by atoms with Gasteiger partial charge in [-0.1, -0.05) is 12.1 Å². The van der Waals surface area contributed by atoms with Gasteiger partial charge in [0.25, 0.3) is 0 Å². The lowest BCUT2D eigenvalue weighted by molar-refractivity contribution is 0.394. The van der Waals surface area contributed by atoms with Crippen LogP contribution in [0, 0.1) is 0 Å². The van der Waals surface area contributed by atoms with E-state index in [1.165, 1.54) is 0 Å². The van der Waals surface area contributed by atoms with Crippen LogP contribution in [0.5, 0.6) is 0 Å². The van der Waals surface area contributed by atoms with Gasteiger partial charge in [-0.05, 0) is 6.42 Å². The van der Waals surface area contributed by atoms with Gasteiger partial charge in [-0.2, -0.15) is 0 Å².